The third-order valence-corrected chi connectivity index (χ3v) is 5.92. The van der Waals surface area contributed by atoms with Crippen molar-refractivity contribution >= 4 is 22.6 Å². The van der Waals surface area contributed by atoms with Crippen LogP contribution in [0.15, 0.2) is 71.9 Å². The zero-order valence-electron chi connectivity index (χ0n) is 21.4. The number of fused-ring (bicyclic) bond motifs is 1. The van der Waals surface area contributed by atoms with Crippen molar-refractivity contribution in [3.8, 4) is 23.4 Å². The van der Waals surface area contributed by atoms with E-state index in [4.69, 9.17) is 15.5 Å². The molecule has 0 spiro atoms. The van der Waals surface area contributed by atoms with Gasteiger partial charge in [0.1, 0.15) is 5.82 Å². The predicted octanol–water partition coefficient (Wildman–Crippen LogP) is 2.39. The number of rotatable bonds is 5. The van der Waals surface area contributed by atoms with E-state index in [9.17, 15) is 9.59 Å². The van der Waals surface area contributed by atoms with Crippen LogP contribution >= 0.6 is 0 Å². The molecule has 0 radical (unpaired) electrons. The predicted molar refractivity (Wildman–Crippen MR) is 145 cm³/mol. The highest BCUT2D eigenvalue weighted by molar-refractivity contribution is 5.96. The normalized spacial score (nSPS) is 11.5. The van der Waals surface area contributed by atoms with Crippen LogP contribution in [-0.4, -0.2) is 42.3 Å². The van der Waals surface area contributed by atoms with Gasteiger partial charge in [-0.1, -0.05) is 36.1 Å². The summed E-state index contributed by atoms with van der Waals surface area (Å²) in [6.07, 6.45) is 4.75. The minimum atomic E-state index is -0.705. The second-order valence-corrected chi connectivity index (χ2v) is 8.64. The fraction of sp³-hybridized carbons (Fsp3) is 0.143. The van der Waals surface area contributed by atoms with E-state index in [2.05, 4.69) is 32.2 Å². The fourth-order valence-corrected chi connectivity index (χ4v) is 4.08. The lowest BCUT2D eigenvalue weighted by Gasteiger charge is -2.20. The molecule has 11 heteroatoms. The first-order valence-electron chi connectivity index (χ1n) is 11.9. The van der Waals surface area contributed by atoms with Crippen molar-refractivity contribution in [2.45, 2.75) is 13.0 Å². The smallest absolute Gasteiger partial charge is 0.274 e. The van der Waals surface area contributed by atoms with Gasteiger partial charge in [-0.2, -0.15) is 10.1 Å². The highest BCUT2D eigenvalue weighted by atomic mass is 16.5. The van der Waals surface area contributed by atoms with Gasteiger partial charge in [0.25, 0.3) is 11.5 Å². The number of para-hydroxylation sites is 1. The molecule has 2 aromatic carbocycles. The largest absolute Gasteiger partial charge is 0.480 e. The Labute approximate surface area is 223 Å². The van der Waals surface area contributed by atoms with Crippen LogP contribution in [0, 0.1) is 11.8 Å². The van der Waals surface area contributed by atoms with Gasteiger partial charge in [0.05, 0.1) is 47.7 Å². The number of nitrogen functional groups attached to an aromatic ring is 1. The molecule has 1 amide bonds. The van der Waals surface area contributed by atoms with Crippen LogP contribution in [0.1, 0.15) is 40.4 Å². The van der Waals surface area contributed by atoms with Crippen molar-refractivity contribution in [3.05, 3.63) is 100 Å². The molecule has 1 atom stereocenters. The summed E-state index contributed by atoms with van der Waals surface area (Å²) in [7, 11) is 3.23. The van der Waals surface area contributed by atoms with Crippen LogP contribution in [0.5, 0.6) is 5.88 Å². The molecule has 1 unspecified atom stereocenters. The quantitative estimate of drug-likeness (QED) is 0.336. The molecule has 0 aliphatic rings. The van der Waals surface area contributed by atoms with Crippen molar-refractivity contribution in [3.63, 3.8) is 0 Å². The number of carbonyl (C=O) groups is 1. The Morgan fingerprint density at radius 1 is 1.08 bits per heavy atom. The Hall–Kier alpha value is -5.50. The molecule has 0 saturated carbocycles. The van der Waals surface area contributed by atoms with Gasteiger partial charge in [-0.3, -0.25) is 18.8 Å². The van der Waals surface area contributed by atoms with Crippen LogP contribution in [0.25, 0.3) is 16.6 Å². The van der Waals surface area contributed by atoms with Crippen molar-refractivity contribution in [2.24, 2.45) is 7.05 Å². The van der Waals surface area contributed by atoms with E-state index >= 15 is 0 Å². The maximum atomic E-state index is 14.0. The third-order valence-electron chi connectivity index (χ3n) is 5.92. The Bertz CT molecular complexity index is 1820. The van der Waals surface area contributed by atoms with Crippen LogP contribution in [0.4, 0.5) is 5.82 Å². The number of carbonyl (C=O) groups excluding carboxylic acids is 1. The minimum absolute atomic E-state index is 0.0648. The van der Waals surface area contributed by atoms with E-state index < -0.39 is 11.9 Å². The number of amides is 1. The number of methoxy groups -OCH3 is 1. The van der Waals surface area contributed by atoms with Gasteiger partial charge in [0.2, 0.25) is 5.88 Å². The molecule has 194 valence electrons. The maximum absolute atomic E-state index is 14.0. The number of hydrogen-bond acceptors (Lipinski definition) is 8. The van der Waals surface area contributed by atoms with E-state index in [0.717, 1.165) is 5.56 Å². The van der Waals surface area contributed by atoms with E-state index in [1.54, 1.807) is 54.3 Å². The molecule has 0 saturated heterocycles. The molecule has 0 fully saturated rings. The van der Waals surface area contributed by atoms with Gasteiger partial charge >= 0.3 is 0 Å². The summed E-state index contributed by atoms with van der Waals surface area (Å²) in [5.74, 6) is 6.01. The van der Waals surface area contributed by atoms with Gasteiger partial charge in [0, 0.05) is 18.8 Å². The fourth-order valence-electron chi connectivity index (χ4n) is 4.08. The zero-order chi connectivity index (χ0) is 27.5. The summed E-state index contributed by atoms with van der Waals surface area (Å²) in [5.41, 5.74) is 7.83. The van der Waals surface area contributed by atoms with E-state index in [1.807, 2.05) is 25.2 Å². The molecule has 5 aromatic rings. The van der Waals surface area contributed by atoms with Gasteiger partial charge < -0.3 is 15.8 Å². The number of nitrogens with zero attached hydrogens (tertiary/aromatic N) is 6. The maximum Gasteiger partial charge on any atom is 0.274 e. The topological polar surface area (TPSA) is 143 Å². The number of hydrogen-bond donors (Lipinski definition) is 2. The van der Waals surface area contributed by atoms with Crippen LogP contribution in [0.3, 0.4) is 0 Å². The molecule has 3 aromatic heterocycles. The summed E-state index contributed by atoms with van der Waals surface area (Å²) in [6.45, 7) is 1.73. The lowest BCUT2D eigenvalue weighted by atomic mass is 10.1. The molecule has 0 bridgehead atoms. The average molecular weight is 521 g/mol. The van der Waals surface area contributed by atoms with E-state index in [-0.39, 0.29) is 23.0 Å². The molecule has 0 aliphatic heterocycles. The number of benzene rings is 2. The van der Waals surface area contributed by atoms with E-state index in [1.165, 1.54) is 17.9 Å². The highest BCUT2D eigenvalue weighted by Crippen LogP contribution is 2.21. The average Bonchev–Trinajstić information content (AvgIpc) is 3.36. The molecule has 0 aliphatic carbocycles. The summed E-state index contributed by atoms with van der Waals surface area (Å²) in [5, 5.41) is 7.33. The lowest BCUT2D eigenvalue weighted by Crippen LogP contribution is -2.34. The Kier molecular flexibility index (Phi) is 6.75. The molecule has 5 rings (SSSR count). The van der Waals surface area contributed by atoms with Crippen molar-refractivity contribution in [1.29, 1.82) is 0 Å². The first-order chi connectivity index (χ1) is 18.9. The number of anilines is 1. The molecule has 3 N–H and O–H groups in total. The number of ether oxygens (including phenoxy) is 1. The Morgan fingerprint density at radius 2 is 1.87 bits per heavy atom. The first kappa shape index (κ1) is 25.2. The summed E-state index contributed by atoms with van der Waals surface area (Å²) >= 11 is 0. The lowest BCUT2D eigenvalue weighted by molar-refractivity contribution is 0.0933. The minimum Gasteiger partial charge on any atom is -0.480 e. The van der Waals surface area contributed by atoms with E-state index in [0.29, 0.717) is 28.0 Å². The second-order valence-electron chi connectivity index (χ2n) is 8.64. The third kappa shape index (κ3) is 5.03. The molecular weight excluding hydrogens is 496 g/mol. The second kappa shape index (κ2) is 10.5. The molecule has 39 heavy (non-hydrogen) atoms. The molecular formula is C28H24N8O3. The van der Waals surface area contributed by atoms with Gasteiger partial charge in [-0.15, -0.1) is 0 Å². The van der Waals surface area contributed by atoms with Crippen molar-refractivity contribution in [1.82, 2.24) is 34.6 Å². The Balaban J connectivity index is 1.62. The SMILES string of the molecule is COc1cnc(C(=O)NC(C)c2nc3cccc(C#Cc4cnn(C)c4)c3c(=O)n2-c2ccccc2)c(N)n1. The first-order valence-corrected chi connectivity index (χ1v) is 11.9. The number of aromatic nitrogens is 6. The van der Waals surface area contributed by atoms with Crippen molar-refractivity contribution < 1.29 is 9.53 Å². The van der Waals surface area contributed by atoms with Gasteiger partial charge in [-0.25, -0.2) is 9.97 Å². The molecule has 11 nitrogen and oxygen atoms in total. The summed E-state index contributed by atoms with van der Waals surface area (Å²) in [4.78, 5) is 40.0. The standard InChI is InChI=1S/C28H24N8O3/c1-17(32-27(37)24-25(29)34-22(39-3)15-30-24)26-33-21-11-7-8-19(13-12-18-14-31-35(2)16-18)23(21)28(38)36(26)20-9-5-4-6-10-20/h4-11,14-17H,1-3H3,(H2,29,34)(H,32,37). The van der Waals surface area contributed by atoms with Crippen molar-refractivity contribution in [2.75, 3.05) is 12.8 Å². The zero-order valence-corrected chi connectivity index (χ0v) is 21.4. The van der Waals surface area contributed by atoms with Crippen LogP contribution < -0.4 is 21.3 Å². The summed E-state index contributed by atoms with van der Waals surface area (Å²) in [6, 6.07) is 13.7. The highest BCUT2D eigenvalue weighted by Gasteiger charge is 2.23. The number of nitrogens with two attached hydrogens (primary N) is 1. The monoisotopic (exact) mass is 520 g/mol. The van der Waals surface area contributed by atoms with Gasteiger partial charge in [-0.05, 0) is 31.2 Å². The number of aryl methyl sites for hydroxylation is 1. The van der Waals surface area contributed by atoms with Crippen LogP contribution in [0.2, 0.25) is 0 Å². The Morgan fingerprint density at radius 3 is 2.56 bits per heavy atom. The molecule has 3 heterocycles. The number of nitrogens with one attached hydrogen (secondary N) is 1. The summed E-state index contributed by atoms with van der Waals surface area (Å²) < 4.78 is 8.14. The van der Waals surface area contributed by atoms with Gasteiger partial charge in [0.15, 0.2) is 11.5 Å². The van der Waals surface area contributed by atoms with Crippen LogP contribution in [-0.2, 0) is 7.05 Å².